The lowest BCUT2D eigenvalue weighted by atomic mass is 9.98. The standard InChI is InChI=1S/C17H22N6O2/c1-18-15(24)12-4-3-5-13(10-12)16(25)21-17-20-14(22-23(17)2)11-6-8-19-9-7-11/h3-5,10-11,19H,6-9H2,1-2H3,(H,18,24)(H,20,21,22,25). The van der Waals surface area contributed by atoms with E-state index in [0.717, 1.165) is 31.8 Å². The van der Waals surface area contributed by atoms with Crippen LogP contribution in [0.25, 0.3) is 0 Å². The highest BCUT2D eigenvalue weighted by atomic mass is 16.2. The summed E-state index contributed by atoms with van der Waals surface area (Å²) in [5.74, 6) is 0.927. The third-order valence-corrected chi connectivity index (χ3v) is 4.32. The number of nitrogens with one attached hydrogen (secondary N) is 3. The van der Waals surface area contributed by atoms with E-state index in [2.05, 4.69) is 26.0 Å². The van der Waals surface area contributed by atoms with Crippen LogP contribution in [0.3, 0.4) is 0 Å². The average molecular weight is 342 g/mol. The van der Waals surface area contributed by atoms with Gasteiger partial charge in [0.05, 0.1) is 0 Å². The molecule has 8 heteroatoms. The second-order valence-electron chi connectivity index (χ2n) is 6.06. The number of piperidine rings is 1. The molecule has 3 N–H and O–H groups in total. The van der Waals surface area contributed by atoms with Crippen LogP contribution in [-0.4, -0.2) is 46.7 Å². The molecule has 2 heterocycles. The van der Waals surface area contributed by atoms with Gasteiger partial charge in [0.15, 0.2) is 5.82 Å². The summed E-state index contributed by atoms with van der Waals surface area (Å²) in [6.45, 7) is 1.91. The number of rotatable bonds is 4. The number of hydrogen-bond donors (Lipinski definition) is 3. The fraction of sp³-hybridized carbons (Fsp3) is 0.412. The molecule has 1 fully saturated rings. The smallest absolute Gasteiger partial charge is 0.258 e. The molecule has 8 nitrogen and oxygen atoms in total. The Balaban J connectivity index is 1.75. The van der Waals surface area contributed by atoms with E-state index in [1.54, 1.807) is 43.0 Å². The zero-order chi connectivity index (χ0) is 17.8. The molecule has 2 amide bonds. The molecule has 1 aromatic heterocycles. The maximum absolute atomic E-state index is 12.5. The van der Waals surface area contributed by atoms with E-state index in [1.807, 2.05) is 0 Å². The molecule has 0 saturated carbocycles. The van der Waals surface area contributed by atoms with E-state index in [1.165, 1.54) is 0 Å². The van der Waals surface area contributed by atoms with Crippen molar-refractivity contribution in [1.29, 1.82) is 0 Å². The first-order valence-electron chi connectivity index (χ1n) is 8.33. The lowest BCUT2D eigenvalue weighted by Gasteiger charge is -2.19. The normalized spacial score (nSPS) is 15.0. The van der Waals surface area contributed by atoms with Gasteiger partial charge in [0.1, 0.15) is 0 Å². The summed E-state index contributed by atoms with van der Waals surface area (Å²) in [4.78, 5) is 28.7. The fourth-order valence-electron chi connectivity index (χ4n) is 2.89. The largest absolute Gasteiger partial charge is 0.355 e. The number of hydrogen-bond acceptors (Lipinski definition) is 5. The highest BCUT2D eigenvalue weighted by Gasteiger charge is 2.21. The topological polar surface area (TPSA) is 101 Å². The van der Waals surface area contributed by atoms with Gasteiger partial charge >= 0.3 is 0 Å². The van der Waals surface area contributed by atoms with E-state index >= 15 is 0 Å². The molecule has 1 aliphatic heterocycles. The van der Waals surface area contributed by atoms with Crippen molar-refractivity contribution in [3.8, 4) is 0 Å². The molecule has 0 spiro atoms. The third-order valence-electron chi connectivity index (χ3n) is 4.32. The van der Waals surface area contributed by atoms with Crippen molar-refractivity contribution in [3.63, 3.8) is 0 Å². The van der Waals surface area contributed by atoms with Gasteiger partial charge in [-0.25, -0.2) is 4.68 Å². The Kier molecular flexibility index (Phi) is 5.08. The van der Waals surface area contributed by atoms with Crippen LogP contribution in [0, 0.1) is 0 Å². The van der Waals surface area contributed by atoms with Gasteiger partial charge in [-0.1, -0.05) is 6.07 Å². The van der Waals surface area contributed by atoms with Gasteiger partial charge in [0.25, 0.3) is 11.8 Å². The first kappa shape index (κ1) is 17.1. The Morgan fingerprint density at radius 1 is 1.20 bits per heavy atom. The summed E-state index contributed by atoms with van der Waals surface area (Å²) in [5, 5.41) is 13.1. The summed E-state index contributed by atoms with van der Waals surface area (Å²) < 4.78 is 1.58. The van der Waals surface area contributed by atoms with Crippen molar-refractivity contribution in [2.45, 2.75) is 18.8 Å². The van der Waals surface area contributed by atoms with Crippen molar-refractivity contribution in [3.05, 3.63) is 41.2 Å². The molecule has 1 aliphatic rings. The minimum atomic E-state index is -0.321. The van der Waals surface area contributed by atoms with Crippen molar-refractivity contribution < 1.29 is 9.59 Å². The summed E-state index contributed by atoms with van der Waals surface area (Å²) in [6.07, 6.45) is 1.98. The lowest BCUT2D eigenvalue weighted by molar-refractivity contribution is 0.0963. The van der Waals surface area contributed by atoms with Crippen LogP contribution in [0.15, 0.2) is 24.3 Å². The number of carbonyl (C=O) groups is 2. The van der Waals surface area contributed by atoms with Gasteiger partial charge in [-0.15, -0.1) is 0 Å². The molecule has 25 heavy (non-hydrogen) atoms. The van der Waals surface area contributed by atoms with E-state index in [9.17, 15) is 9.59 Å². The second kappa shape index (κ2) is 7.43. The minimum absolute atomic E-state index is 0.235. The molecular weight excluding hydrogens is 320 g/mol. The summed E-state index contributed by atoms with van der Waals surface area (Å²) in [5.41, 5.74) is 0.830. The van der Waals surface area contributed by atoms with Crippen LogP contribution in [0.5, 0.6) is 0 Å². The quantitative estimate of drug-likeness (QED) is 0.766. The van der Waals surface area contributed by atoms with Crippen molar-refractivity contribution >= 4 is 17.8 Å². The number of nitrogens with zero attached hydrogens (tertiary/aromatic N) is 3. The number of aromatic nitrogens is 3. The Bertz CT molecular complexity index is 779. The number of carbonyl (C=O) groups excluding carboxylic acids is 2. The summed E-state index contributed by atoms with van der Waals surface area (Å²) >= 11 is 0. The van der Waals surface area contributed by atoms with E-state index in [-0.39, 0.29) is 11.8 Å². The highest BCUT2D eigenvalue weighted by Crippen LogP contribution is 2.23. The molecule has 1 aromatic carbocycles. The summed E-state index contributed by atoms with van der Waals surface area (Å²) in [6, 6.07) is 6.55. The molecule has 1 saturated heterocycles. The Hall–Kier alpha value is -2.74. The second-order valence-corrected chi connectivity index (χ2v) is 6.06. The van der Waals surface area contributed by atoms with Gasteiger partial charge in [0, 0.05) is 31.1 Å². The maximum atomic E-state index is 12.5. The zero-order valence-electron chi connectivity index (χ0n) is 14.4. The van der Waals surface area contributed by atoms with Crippen LogP contribution in [0.4, 0.5) is 5.95 Å². The van der Waals surface area contributed by atoms with Crippen LogP contribution in [-0.2, 0) is 7.05 Å². The Morgan fingerprint density at radius 2 is 1.88 bits per heavy atom. The van der Waals surface area contributed by atoms with E-state index in [4.69, 9.17) is 0 Å². The lowest BCUT2D eigenvalue weighted by Crippen LogP contribution is -2.27. The van der Waals surface area contributed by atoms with Crippen LogP contribution in [0.1, 0.15) is 45.3 Å². The van der Waals surface area contributed by atoms with Crippen molar-refractivity contribution in [1.82, 2.24) is 25.4 Å². The third kappa shape index (κ3) is 3.85. The number of benzene rings is 1. The molecule has 0 bridgehead atoms. The molecule has 2 aromatic rings. The van der Waals surface area contributed by atoms with Gasteiger partial charge in [-0.05, 0) is 44.1 Å². The predicted octanol–water partition coefficient (Wildman–Crippen LogP) is 0.894. The van der Waals surface area contributed by atoms with Crippen molar-refractivity contribution in [2.24, 2.45) is 7.05 Å². The number of anilines is 1. The van der Waals surface area contributed by atoms with Gasteiger partial charge in [-0.3, -0.25) is 14.9 Å². The van der Waals surface area contributed by atoms with Crippen LogP contribution in [0.2, 0.25) is 0 Å². The SMILES string of the molecule is CNC(=O)c1cccc(C(=O)Nc2nc(C3CCNCC3)nn2C)c1. The zero-order valence-corrected chi connectivity index (χ0v) is 14.4. The van der Waals surface area contributed by atoms with Crippen LogP contribution >= 0.6 is 0 Å². The van der Waals surface area contributed by atoms with Gasteiger partial charge in [-0.2, -0.15) is 10.1 Å². The highest BCUT2D eigenvalue weighted by molar-refractivity contribution is 6.05. The first-order chi connectivity index (χ1) is 12.1. The van der Waals surface area contributed by atoms with E-state index in [0.29, 0.717) is 23.0 Å². The summed E-state index contributed by atoms with van der Waals surface area (Å²) in [7, 11) is 3.31. The molecule has 0 aliphatic carbocycles. The van der Waals surface area contributed by atoms with Crippen molar-refractivity contribution in [2.75, 3.05) is 25.5 Å². The Morgan fingerprint density at radius 3 is 2.56 bits per heavy atom. The first-order valence-corrected chi connectivity index (χ1v) is 8.33. The molecule has 0 radical (unpaired) electrons. The number of aryl methyl sites for hydroxylation is 1. The van der Waals surface area contributed by atoms with Gasteiger partial charge in [0.2, 0.25) is 5.95 Å². The number of amides is 2. The molecule has 132 valence electrons. The molecule has 0 unspecified atom stereocenters. The molecule has 3 rings (SSSR count). The molecule has 0 atom stereocenters. The Labute approximate surface area is 146 Å². The monoisotopic (exact) mass is 342 g/mol. The van der Waals surface area contributed by atoms with E-state index < -0.39 is 0 Å². The van der Waals surface area contributed by atoms with Gasteiger partial charge < -0.3 is 10.6 Å². The molecular formula is C17H22N6O2. The average Bonchev–Trinajstić information content (AvgIpc) is 3.02. The minimum Gasteiger partial charge on any atom is -0.355 e. The maximum Gasteiger partial charge on any atom is 0.258 e. The van der Waals surface area contributed by atoms with Crippen LogP contribution < -0.4 is 16.0 Å². The predicted molar refractivity (Wildman–Crippen MR) is 93.6 cm³/mol. The fourth-order valence-corrected chi connectivity index (χ4v) is 2.89.